The summed E-state index contributed by atoms with van der Waals surface area (Å²) in [7, 11) is 0. The monoisotopic (exact) mass is 190 g/mol. The Morgan fingerprint density at radius 3 is 2.86 bits per heavy atom. The molecule has 0 fully saturated rings. The van der Waals surface area contributed by atoms with E-state index in [1.165, 1.54) is 12.3 Å². The zero-order valence-corrected chi connectivity index (χ0v) is 7.53. The van der Waals surface area contributed by atoms with Crippen LogP contribution < -0.4 is 5.73 Å². The van der Waals surface area contributed by atoms with Crippen molar-refractivity contribution in [3.05, 3.63) is 29.6 Å². The molecule has 0 aliphatic rings. The number of carbonyl (C=O) groups is 1. The first-order valence-electron chi connectivity index (χ1n) is 4.12. The van der Waals surface area contributed by atoms with Gasteiger partial charge in [0.05, 0.1) is 0 Å². The Bertz CT molecular complexity index is 373. The summed E-state index contributed by atoms with van der Waals surface area (Å²) in [5.41, 5.74) is 5.98. The predicted octanol–water partition coefficient (Wildman–Crippen LogP) is 0.480. The first-order valence-corrected chi connectivity index (χ1v) is 4.12. The molecule has 4 nitrogen and oxygen atoms in total. The Morgan fingerprint density at radius 1 is 1.57 bits per heavy atom. The number of pyridine rings is 1. The fourth-order valence-electron chi connectivity index (χ4n) is 0.831. The summed E-state index contributed by atoms with van der Waals surface area (Å²) in [4.78, 5) is 14.2. The first kappa shape index (κ1) is 10.2. The molecule has 0 aliphatic carbocycles. The SMILES string of the molecule is NCCC#Cc1ccc(C(=O)O)nc1. The lowest BCUT2D eigenvalue weighted by atomic mass is 10.2. The third kappa shape index (κ3) is 2.88. The molecular formula is C10H10N2O2. The third-order valence-corrected chi connectivity index (χ3v) is 1.48. The van der Waals surface area contributed by atoms with Gasteiger partial charge in [0.15, 0.2) is 0 Å². The molecule has 0 bridgehead atoms. The highest BCUT2D eigenvalue weighted by Gasteiger charge is 2.01. The summed E-state index contributed by atoms with van der Waals surface area (Å²) in [6, 6.07) is 3.05. The molecule has 1 aromatic rings. The second-order valence-corrected chi connectivity index (χ2v) is 2.58. The smallest absolute Gasteiger partial charge is 0.354 e. The van der Waals surface area contributed by atoms with E-state index in [-0.39, 0.29) is 5.69 Å². The molecule has 0 unspecified atom stereocenters. The summed E-state index contributed by atoms with van der Waals surface area (Å²) in [5, 5.41) is 8.57. The van der Waals surface area contributed by atoms with E-state index >= 15 is 0 Å². The summed E-state index contributed by atoms with van der Waals surface area (Å²) >= 11 is 0. The van der Waals surface area contributed by atoms with Gasteiger partial charge in [0, 0.05) is 24.7 Å². The van der Waals surface area contributed by atoms with Crippen molar-refractivity contribution in [3.8, 4) is 11.8 Å². The van der Waals surface area contributed by atoms with Crippen LogP contribution in [0.15, 0.2) is 18.3 Å². The van der Waals surface area contributed by atoms with Gasteiger partial charge in [0.2, 0.25) is 0 Å². The number of carboxylic acid groups (broad SMARTS) is 1. The molecule has 4 heteroatoms. The van der Waals surface area contributed by atoms with Crippen LogP contribution in [0.4, 0.5) is 0 Å². The van der Waals surface area contributed by atoms with Crippen molar-refractivity contribution in [1.29, 1.82) is 0 Å². The largest absolute Gasteiger partial charge is 0.477 e. The number of hydrogen-bond acceptors (Lipinski definition) is 3. The fourth-order valence-corrected chi connectivity index (χ4v) is 0.831. The minimum atomic E-state index is -1.04. The zero-order valence-electron chi connectivity index (χ0n) is 7.53. The van der Waals surface area contributed by atoms with E-state index in [9.17, 15) is 4.79 Å². The molecule has 0 amide bonds. The number of nitrogens with zero attached hydrogens (tertiary/aromatic N) is 1. The van der Waals surface area contributed by atoms with Gasteiger partial charge in [0.1, 0.15) is 5.69 Å². The highest BCUT2D eigenvalue weighted by atomic mass is 16.4. The number of nitrogens with two attached hydrogens (primary N) is 1. The summed E-state index contributed by atoms with van der Waals surface area (Å²) < 4.78 is 0. The fraction of sp³-hybridized carbons (Fsp3) is 0.200. The molecular weight excluding hydrogens is 180 g/mol. The molecule has 0 aliphatic heterocycles. The van der Waals surface area contributed by atoms with Crippen molar-refractivity contribution in [3.63, 3.8) is 0 Å². The minimum absolute atomic E-state index is 0.0226. The Kier molecular flexibility index (Phi) is 3.65. The maximum Gasteiger partial charge on any atom is 0.354 e. The standard InChI is InChI=1S/C10H10N2O2/c11-6-2-1-3-8-4-5-9(10(13)14)12-7-8/h4-5,7H,2,6,11H2,(H,13,14). The topological polar surface area (TPSA) is 76.2 Å². The van der Waals surface area contributed by atoms with Crippen molar-refractivity contribution < 1.29 is 9.90 Å². The maximum atomic E-state index is 10.5. The molecule has 3 N–H and O–H groups in total. The molecule has 0 saturated heterocycles. The van der Waals surface area contributed by atoms with Gasteiger partial charge in [-0.2, -0.15) is 0 Å². The van der Waals surface area contributed by atoms with Crippen LogP contribution >= 0.6 is 0 Å². The number of aromatic carboxylic acids is 1. The molecule has 0 radical (unpaired) electrons. The first-order chi connectivity index (χ1) is 6.74. The van der Waals surface area contributed by atoms with E-state index in [0.717, 1.165) is 0 Å². The molecule has 14 heavy (non-hydrogen) atoms. The van der Waals surface area contributed by atoms with E-state index in [1.54, 1.807) is 6.07 Å². The summed E-state index contributed by atoms with van der Waals surface area (Å²) in [5.74, 6) is 4.63. The normalized spacial score (nSPS) is 8.93. The average molecular weight is 190 g/mol. The van der Waals surface area contributed by atoms with Crippen molar-refractivity contribution in [2.75, 3.05) is 6.54 Å². The van der Waals surface area contributed by atoms with Gasteiger partial charge in [-0.25, -0.2) is 9.78 Å². The van der Waals surface area contributed by atoms with Crippen LogP contribution in [0.3, 0.4) is 0 Å². The lowest BCUT2D eigenvalue weighted by Crippen LogP contribution is -1.99. The molecule has 1 aromatic heterocycles. The van der Waals surface area contributed by atoms with Crippen molar-refractivity contribution >= 4 is 5.97 Å². The highest BCUT2D eigenvalue weighted by molar-refractivity contribution is 5.85. The Labute approximate surface area is 81.8 Å². The van der Waals surface area contributed by atoms with Crippen LogP contribution in [0.5, 0.6) is 0 Å². The molecule has 72 valence electrons. The Hall–Kier alpha value is -1.86. The lowest BCUT2D eigenvalue weighted by molar-refractivity contribution is 0.0690. The van der Waals surface area contributed by atoms with E-state index in [2.05, 4.69) is 16.8 Å². The molecule has 0 spiro atoms. The second kappa shape index (κ2) is 5.00. The van der Waals surface area contributed by atoms with E-state index in [1.807, 2.05) is 0 Å². The molecule has 1 heterocycles. The molecule has 0 atom stereocenters. The number of hydrogen-bond donors (Lipinski definition) is 2. The van der Waals surface area contributed by atoms with E-state index in [4.69, 9.17) is 10.8 Å². The average Bonchev–Trinajstić information content (AvgIpc) is 2.19. The number of aromatic nitrogens is 1. The van der Waals surface area contributed by atoms with Crippen molar-refractivity contribution in [1.82, 2.24) is 4.98 Å². The van der Waals surface area contributed by atoms with Crippen LogP contribution in [-0.2, 0) is 0 Å². The number of carboxylic acids is 1. The van der Waals surface area contributed by atoms with Crippen LogP contribution in [0.25, 0.3) is 0 Å². The third-order valence-electron chi connectivity index (χ3n) is 1.48. The van der Waals surface area contributed by atoms with Crippen molar-refractivity contribution in [2.45, 2.75) is 6.42 Å². The second-order valence-electron chi connectivity index (χ2n) is 2.58. The molecule has 0 aromatic carbocycles. The van der Waals surface area contributed by atoms with Crippen LogP contribution in [0.1, 0.15) is 22.5 Å². The summed E-state index contributed by atoms with van der Waals surface area (Å²) in [6.07, 6.45) is 2.06. The van der Waals surface area contributed by atoms with Gasteiger partial charge in [-0.05, 0) is 12.1 Å². The van der Waals surface area contributed by atoms with Crippen LogP contribution in [0.2, 0.25) is 0 Å². The summed E-state index contributed by atoms with van der Waals surface area (Å²) in [6.45, 7) is 0.521. The predicted molar refractivity (Wildman–Crippen MR) is 51.7 cm³/mol. The Morgan fingerprint density at radius 2 is 2.36 bits per heavy atom. The van der Waals surface area contributed by atoms with E-state index in [0.29, 0.717) is 18.5 Å². The van der Waals surface area contributed by atoms with Crippen LogP contribution in [0, 0.1) is 11.8 Å². The molecule has 1 rings (SSSR count). The van der Waals surface area contributed by atoms with Crippen LogP contribution in [-0.4, -0.2) is 22.6 Å². The van der Waals surface area contributed by atoms with Gasteiger partial charge in [-0.1, -0.05) is 11.8 Å². The zero-order chi connectivity index (χ0) is 10.4. The van der Waals surface area contributed by atoms with Gasteiger partial charge in [-0.15, -0.1) is 0 Å². The lowest BCUT2D eigenvalue weighted by Gasteiger charge is -1.92. The minimum Gasteiger partial charge on any atom is -0.477 e. The Balaban J connectivity index is 2.75. The van der Waals surface area contributed by atoms with Gasteiger partial charge >= 0.3 is 5.97 Å². The van der Waals surface area contributed by atoms with Gasteiger partial charge < -0.3 is 10.8 Å². The maximum absolute atomic E-state index is 10.5. The number of rotatable bonds is 2. The van der Waals surface area contributed by atoms with Crippen molar-refractivity contribution in [2.24, 2.45) is 5.73 Å². The molecule has 0 saturated carbocycles. The quantitative estimate of drug-likeness (QED) is 0.665. The van der Waals surface area contributed by atoms with Gasteiger partial charge in [-0.3, -0.25) is 0 Å². The highest BCUT2D eigenvalue weighted by Crippen LogP contribution is 1.98. The van der Waals surface area contributed by atoms with Gasteiger partial charge in [0.25, 0.3) is 0 Å². The van der Waals surface area contributed by atoms with E-state index < -0.39 is 5.97 Å².